The average molecular weight is 252 g/mol. The van der Waals surface area contributed by atoms with Crippen molar-refractivity contribution in [3.05, 3.63) is 23.8 Å². The predicted octanol–water partition coefficient (Wildman–Crippen LogP) is 1.90. The van der Waals surface area contributed by atoms with Gasteiger partial charge in [0.2, 0.25) is 0 Å². The first-order valence-corrected chi connectivity index (χ1v) is 6.81. The molecule has 2 aliphatic rings. The molecule has 0 aromatic carbocycles. The van der Waals surface area contributed by atoms with E-state index >= 15 is 0 Å². The first-order valence-electron chi connectivity index (χ1n) is 6.81. The van der Waals surface area contributed by atoms with Gasteiger partial charge in [-0.2, -0.15) is 0 Å². The summed E-state index contributed by atoms with van der Waals surface area (Å²) in [5.74, 6) is 0.944. The molecule has 102 valence electrons. The number of fused-ring (bicyclic) bond motifs is 1. The van der Waals surface area contributed by atoms with Gasteiger partial charge in [-0.05, 0) is 36.3 Å². The molecule has 1 heterocycles. The van der Waals surface area contributed by atoms with Gasteiger partial charge >= 0.3 is 0 Å². The van der Waals surface area contributed by atoms with Gasteiger partial charge in [0.15, 0.2) is 0 Å². The summed E-state index contributed by atoms with van der Waals surface area (Å²) in [5, 5.41) is 20.1. The average Bonchev–Trinajstić information content (AvgIpc) is 2.68. The summed E-state index contributed by atoms with van der Waals surface area (Å²) in [6.45, 7) is 10.0. The van der Waals surface area contributed by atoms with Crippen LogP contribution in [-0.2, 0) is 4.74 Å². The molecule has 0 bridgehead atoms. The Morgan fingerprint density at radius 3 is 2.67 bits per heavy atom. The summed E-state index contributed by atoms with van der Waals surface area (Å²) in [4.78, 5) is 0. The first-order chi connectivity index (χ1) is 8.51. The third-order valence-corrected chi connectivity index (χ3v) is 4.53. The molecular formula is C15H24O3. The minimum Gasteiger partial charge on any atom is -0.392 e. The Morgan fingerprint density at radius 1 is 1.50 bits per heavy atom. The van der Waals surface area contributed by atoms with Crippen molar-refractivity contribution in [1.29, 1.82) is 0 Å². The molecule has 5 unspecified atom stereocenters. The normalized spacial score (nSPS) is 40.2. The Labute approximate surface area is 109 Å². The van der Waals surface area contributed by atoms with Gasteiger partial charge in [-0.15, -0.1) is 6.58 Å². The molecule has 0 saturated heterocycles. The van der Waals surface area contributed by atoms with Crippen LogP contribution in [0.5, 0.6) is 0 Å². The number of rotatable bonds is 3. The van der Waals surface area contributed by atoms with Gasteiger partial charge in [-0.25, -0.2) is 0 Å². The van der Waals surface area contributed by atoms with Gasteiger partial charge in [-0.1, -0.05) is 19.9 Å². The van der Waals surface area contributed by atoms with Crippen molar-refractivity contribution in [3.63, 3.8) is 0 Å². The quantitative estimate of drug-likeness (QED) is 0.754. The molecule has 1 fully saturated rings. The van der Waals surface area contributed by atoms with Crippen LogP contribution in [0.15, 0.2) is 23.8 Å². The second-order valence-corrected chi connectivity index (χ2v) is 5.83. The van der Waals surface area contributed by atoms with Gasteiger partial charge in [0, 0.05) is 5.92 Å². The molecule has 2 rings (SSSR count). The molecule has 0 amide bonds. The fraction of sp³-hybridized carbons (Fsp3) is 0.733. The predicted molar refractivity (Wildman–Crippen MR) is 71.1 cm³/mol. The highest BCUT2D eigenvalue weighted by atomic mass is 16.5. The van der Waals surface area contributed by atoms with Crippen LogP contribution in [-0.4, -0.2) is 35.1 Å². The summed E-state index contributed by atoms with van der Waals surface area (Å²) in [5.41, 5.74) is 1.84. The van der Waals surface area contributed by atoms with Gasteiger partial charge < -0.3 is 14.9 Å². The van der Waals surface area contributed by atoms with E-state index in [0.717, 1.165) is 17.6 Å². The Morgan fingerprint density at radius 2 is 2.17 bits per heavy atom. The van der Waals surface area contributed by atoms with Crippen LogP contribution in [0.2, 0.25) is 0 Å². The molecule has 5 atom stereocenters. The maximum Gasteiger partial charge on any atom is 0.0993 e. The number of hydrogen-bond donors (Lipinski definition) is 2. The first kappa shape index (κ1) is 13.8. The molecule has 3 heteroatoms. The summed E-state index contributed by atoms with van der Waals surface area (Å²) in [6.07, 6.45) is 2.04. The van der Waals surface area contributed by atoms with E-state index in [0.29, 0.717) is 5.92 Å². The molecule has 2 N–H and O–H groups in total. The van der Waals surface area contributed by atoms with E-state index < -0.39 is 6.10 Å². The monoisotopic (exact) mass is 252 g/mol. The van der Waals surface area contributed by atoms with E-state index in [4.69, 9.17) is 4.74 Å². The second kappa shape index (κ2) is 5.16. The SMILES string of the molecule is C=CC1OC(C)C2CC(C(C)C)C(O)C2=C1CO. The van der Waals surface area contributed by atoms with E-state index in [9.17, 15) is 10.2 Å². The van der Waals surface area contributed by atoms with E-state index in [1.807, 2.05) is 6.92 Å². The minimum absolute atomic E-state index is 0.0584. The summed E-state index contributed by atoms with van der Waals surface area (Å²) < 4.78 is 5.88. The van der Waals surface area contributed by atoms with E-state index in [1.54, 1.807) is 6.08 Å². The maximum absolute atomic E-state index is 10.5. The van der Waals surface area contributed by atoms with Gasteiger partial charge in [0.25, 0.3) is 0 Å². The van der Waals surface area contributed by atoms with Crippen LogP contribution in [0.1, 0.15) is 27.2 Å². The second-order valence-electron chi connectivity index (χ2n) is 5.83. The molecule has 1 aliphatic heterocycles. The number of aliphatic hydroxyl groups excluding tert-OH is 2. The third-order valence-electron chi connectivity index (χ3n) is 4.53. The highest BCUT2D eigenvalue weighted by molar-refractivity contribution is 5.34. The van der Waals surface area contributed by atoms with Crippen LogP contribution >= 0.6 is 0 Å². The zero-order valence-electron chi connectivity index (χ0n) is 11.5. The van der Waals surface area contributed by atoms with Crippen LogP contribution in [0.4, 0.5) is 0 Å². The van der Waals surface area contributed by atoms with Crippen molar-refractivity contribution >= 4 is 0 Å². The van der Waals surface area contributed by atoms with Crippen LogP contribution in [0.25, 0.3) is 0 Å². The molecule has 0 aromatic heterocycles. The Balaban J connectivity index is 2.42. The Bertz CT molecular complexity index is 359. The smallest absolute Gasteiger partial charge is 0.0993 e. The van der Waals surface area contributed by atoms with Crippen molar-refractivity contribution in [1.82, 2.24) is 0 Å². The molecule has 1 aliphatic carbocycles. The summed E-state index contributed by atoms with van der Waals surface area (Å²) in [6, 6.07) is 0. The fourth-order valence-electron chi connectivity index (χ4n) is 3.46. The lowest BCUT2D eigenvalue weighted by molar-refractivity contribution is -0.00539. The Hall–Kier alpha value is -0.640. The standard InChI is InChI=1S/C15H24O3/c1-5-13-12(7-16)14-11(9(4)18-13)6-10(8(2)3)15(14)17/h5,8-11,13,15-17H,1,6-7H2,2-4H3. The van der Waals surface area contributed by atoms with E-state index in [-0.39, 0.29) is 30.7 Å². The lowest BCUT2D eigenvalue weighted by Crippen LogP contribution is -2.36. The van der Waals surface area contributed by atoms with Crippen molar-refractivity contribution in [2.45, 2.75) is 45.5 Å². The topological polar surface area (TPSA) is 49.7 Å². The van der Waals surface area contributed by atoms with Crippen LogP contribution in [0.3, 0.4) is 0 Å². The molecule has 0 aromatic rings. The highest BCUT2D eigenvalue weighted by Gasteiger charge is 2.46. The fourth-order valence-corrected chi connectivity index (χ4v) is 3.46. The lowest BCUT2D eigenvalue weighted by atomic mass is 9.87. The van der Waals surface area contributed by atoms with Crippen molar-refractivity contribution in [3.8, 4) is 0 Å². The van der Waals surface area contributed by atoms with Crippen molar-refractivity contribution < 1.29 is 14.9 Å². The molecular weight excluding hydrogens is 228 g/mol. The molecule has 18 heavy (non-hydrogen) atoms. The summed E-state index contributed by atoms with van der Waals surface area (Å²) >= 11 is 0. The molecule has 0 radical (unpaired) electrons. The molecule has 1 saturated carbocycles. The highest BCUT2D eigenvalue weighted by Crippen LogP contribution is 2.47. The number of hydrogen-bond acceptors (Lipinski definition) is 3. The van der Waals surface area contributed by atoms with Crippen LogP contribution in [0, 0.1) is 17.8 Å². The van der Waals surface area contributed by atoms with E-state index in [2.05, 4.69) is 20.4 Å². The number of aliphatic hydroxyl groups is 2. The van der Waals surface area contributed by atoms with Gasteiger partial charge in [0.1, 0.15) is 0 Å². The zero-order chi connectivity index (χ0) is 13.4. The maximum atomic E-state index is 10.5. The minimum atomic E-state index is -0.439. The molecule has 0 spiro atoms. The Kier molecular flexibility index (Phi) is 3.95. The zero-order valence-corrected chi connectivity index (χ0v) is 11.5. The number of ether oxygens (including phenoxy) is 1. The van der Waals surface area contributed by atoms with Gasteiger partial charge in [0.05, 0.1) is 24.9 Å². The lowest BCUT2D eigenvalue weighted by Gasteiger charge is -2.34. The van der Waals surface area contributed by atoms with Crippen molar-refractivity contribution in [2.75, 3.05) is 6.61 Å². The largest absolute Gasteiger partial charge is 0.392 e. The van der Waals surface area contributed by atoms with E-state index in [1.165, 1.54) is 0 Å². The summed E-state index contributed by atoms with van der Waals surface area (Å²) in [7, 11) is 0. The van der Waals surface area contributed by atoms with Gasteiger partial charge in [-0.3, -0.25) is 0 Å². The van der Waals surface area contributed by atoms with Crippen LogP contribution < -0.4 is 0 Å². The molecule has 3 nitrogen and oxygen atoms in total. The third kappa shape index (κ3) is 2.04. The van der Waals surface area contributed by atoms with Crippen molar-refractivity contribution in [2.24, 2.45) is 17.8 Å².